The monoisotopic (exact) mass is 456 g/mol. The first-order valence-electron chi connectivity index (χ1n) is 11.4. The Morgan fingerprint density at radius 2 is 2.00 bits per heavy atom. The van der Waals surface area contributed by atoms with E-state index in [1.54, 1.807) is 11.0 Å². The number of phenols is 2. The molecule has 2 aliphatic heterocycles. The smallest absolute Gasteiger partial charge is 0.342 e. The van der Waals surface area contributed by atoms with Crippen LogP contribution in [-0.4, -0.2) is 59.0 Å². The van der Waals surface area contributed by atoms with Crippen LogP contribution in [0.5, 0.6) is 11.5 Å². The molecule has 2 N–H and O–H groups in total. The van der Waals surface area contributed by atoms with E-state index in [0.717, 1.165) is 44.8 Å². The molecule has 1 amide bonds. The second-order valence-corrected chi connectivity index (χ2v) is 8.49. The molecule has 0 radical (unpaired) electrons. The molecule has 2 aliphatic rings. The predicted octanol–water partition coefficient (Wildman–Crippen LogP) is 3.72. The largest absolute Gasteiger partial charge is 0.508 e. The van der Waals surface area contributed by atoms with Gasteiger partial charge in [-0.15, -0.1) is 0 Å². The lowest BCUT2D eigenvalue weighted by Gasteiger charge is -2.30. The Kier molecular flexibility index (Phi) is 8.92. The highest BCUT2D eigenvalue weighted by Gasteiger charge is 2.22. The van der Waals surface area contributed by atoms with E-state index in [4.69, 9.17) is 9.57 Å². The summed E-state index contributed by atoms with van der Waals surface area (Å²) in [6, 6.07) is 2.50. The van der Waals surface area contributed by atoms with Crippen molar-refractivity contribution in [3.63, 3.8) is 0 Å². The minimum atomic E-state index is -0.674. The van der Waals surface area contributed by atoms with Crippen molar-refractivity contribution < 1.29 is 29.4 Å². The van der Waals surface area contributed by atoms with E-state index in [9.17, 15) is 19.8 Å². The molecule has 1 saturated heterocycles. The number of hydrogen-bond acceptors (Lipinski definition) is 7. The van der Waals surface area contributed by atoms with Crippen molar-refractivity contribution in [1.82, 2.24) is 4.90 Å². The molecule has 8 heteroatoms. The zero-order chi connectivity index (χ0) is 23.6. The molecule has 3 rings (SSSR count). The molecule has 0 spiro atoms. The number of nitrogens with zero attached hydrogens (tertiary/aromatic N) is 2. The van der Waals surface area contributed by atoms with Crippen molar-refractivity contribution in [1.29, 1.82) is 0 Å². The molecule has 8 nitrogen and oxygen atoms in total. The van der Waals surface area contributed by atoms with E-state index in [1.165, 1.54) is 6.07 Å². The number of likely N-dealkylation sites (tertiary alicyclic amines) is 1. The number of oxime groups is 1. The maximum Gasteiger partial charge on any atom is 0.342 e. The third-order valence-corrected chi connectivity index (χ3v) is 5.63. The van der Waals surface area contributed by atoms with Crippen LogP contribution in [0, 0.1) is 5.92 Å². The summed E-state index contributed by atoms with van der Waals surface area (Å²) in [7, 11) is 0. The molecule has 0 saturated carbocycles. The summed E-state index contributed by atoms with van der Waals surface area (Å²) in [6.07, 6.45) is 12.0. The molecule has 1 fully saturated rings. The average Bonchev–Trinajstić information content (AvgIpc) is 2.76. The van der Waals surface area contributed by atoms with Gasteiger partial charge in [-0.25, -0.2) is 4.79 Å². The van der Waals surface area contributed by atoms with Crippen molar-refractivity contribution in [2.24, 2.45) is 11.1 Å². The normalized spacial score (nSPS) is 23.2. The Labute approximate surface area is 194 Å². The van der Waals surface area contributed by atoms with Crippen LogP contribution in [0.3, 0.4) is 0 Å². The number of hydrogen-bond donors (Lipinski definition) is 2. The highest BCUT2D eigenvalue weighted by molar-refractivity contribution is 6.00. The topological polar surface area (TPSA) is 109 Å². The van der Waals surface area contributed by atoms with Crippen LogP contribution >= 0.6 is 0 Å². The standard InChI is InChI=1S/C25H32N2O6/c1-18-9-8-11-27(16-18)23(30)17-33-26-20-10-6-4-2-3-5-7-12-32-25(31)24-19(13-20)14-21(28)15-22(24)29/h3,5-6,10,14-15,18,28-29H,2,4,7-9,11-13,16-17H2,1H3/b5-3+,10-6+,26-20?. The number of ether oxygens (including phenoxy) is 1. The summed E-state index contributed by atoms with van der Waals surface area (Å²) < 4.78 is 5.29. The summed E-state index contributed by atoms with van der Waals surface area (Å²) in [5.41, 5.74) is 0.788. The lowest BCUT2D eigenvalue weighted by atomic mass is 9.99. The summed E-state index contributed by atoms with van der Waals surface area (Å²) in [5, 5.41) is 24.4. The third kappa shape index (κ3) is 7.37. The van der Waals surface area contributed by atoms with Gasteiger partial charge < -0.3 is 24.7 Å². The van der Waals surface area contributed by atoms with Crippen molar-refractivity contribution in [3.05, 3.63) is 47.6 Å². The predicted molar refractivity (Wildman–Crippen MR) is 124 cm³/mol. The zero-order valence-electron chi connectivity index (χ0n) is 19.0. The number of carbonyl (C=O) groups excluding carboxylic acids is 2. The van der Waals surface area contributed by atoms with Crippen molar-refractivity contribution in [3.8, 4) is 11.5 Å². The molecule has 1 unspecified atom stereocenters. The number of esters is 1. The third-order valence-electron chi connectivity index (χ3n) is 5.63. The summed E-state index contributed by atoms with van der Waals surface area (Å²) >= 11 is 0. The number of rotatable bonds is 3. The first kappa shape index (κ1) is 24.4. The summed E-state index contributed by atoms with van der Waals surface area (Å²) in [4.78, 5) is 32.2. The maximum atomic E-state index is 12.6. The van der Waals surface area contributed by atoms with E-state index in [-0.39, 0.29) is 42.6 Å². The summed E-state index contributed by atoms with van der Waals surface area (Å²) in [5.74, 6) is -0.855. The molecular weight excluding hydrogens is 424 g/mol. The average molecular weight is 457 g/mol. The molecule has 1 aromatic carbocycles. The molecule has 33 heavy (non-hydrogen) atoms. The molecule has 0 aliphatic carbocycles. The van der Waals surface area contributed by atoms with E-state index in [0.29, 0.717) is 23.6 Å². The fraction of sp³-hybridized carbons (Fsp3) is 0.480. The zero-order valence-corrected chi connectivity index (χ0v) is 19.0. The Bertz CT molecular complexity index is 937. The first-order chi connectivity index (χ1) is 15.9. The lowest BCUT2D eigenvalue weighted by Crippen LogP contribution is -2.40. The molecular formula is C25H32N2O6. The number of amides is 1. The number of cyclic esters (lactones) is 1. The van der Waals surface area contributed by atoms with Crippen LogP contribution in [0.25, 0.3) is 0 Å². The van der Waals surface area contributed by atoms with Crippen LogP contribution in [-0.2, 0) is 20.8 Å². The number of carbonyl (C=O) groups is 2. The van der Waals surface area contributed by atoms with Crippen LogP contribution in [0.15, 0.2) is 41.6 Å². The minimum absolute atomic E-state index is 0.0201. The van der Waals surface area contributed by atoms with Gasteiger partial charge in [-0.3, -0.25) is 4.79 Å². The summed E-state index contributed by atoms with van der Waals surface area (Å²) in [6.45, 7) is 3.59. The van der Waals surface area contributed by atoms with Crippen molar-refractivity contribution in [2.75, 3.05) is 26.3 Å². The molecule has 1 atom stereocenters. The van der Waals surface area contributed by atoms with E-state index in [1.807, 2.05) is 18.2 Å². The fourth-order valence-electron chi connectivity index (χ4n) is 3.98. The minimum Gasteiger partial charge on any atom is -0.508 e. The second-order valence-electron chi connectivity index (χ2n) is 8.49. The number of allylic oxidation sites excluding steroid dienone is 3. The number of aromatic hydroxyl groups is 2. The van der Waals surface area contributed by atoms with Gasteiger partial charge >= 0.3 is 5.97 Å². The Balaban J connectivity index is 1.79. The Morgan fingerprint density at radius 3 is 2.82 bits per heavy atom. The SMILES string of the molecule is CC1CCCN(C(=O)CON=C2/C=C/CC/C=C/CCOC(=O)c3c(O)cc(O)cc3C2)C1. The number of fused-ring (bicyclic) bond motifs is 1. The van der Waals surface area contributed by atoms with E-state index >= 15 is 0 Å². The molecule has 1 aromatic rings. The van der Waals surface area contributed by atoms with Gasteiger partial charge in [0.05, 0.1) is 12.3 Å². The van der Waals surface area contributed by atoms with Gasteiger partial charge in [-0.05, 0) is 55.7 Å². The maximum absolute atomic E-state index is 12.6. The van der Waals surface area contributed by atoms with Gasteiger partial charge in [-0.2, -0.15) is 0 Å². The Morgan fingerprint density at radius 1 is 1.21 bits per heavy atom. The van der Waals surface area contributed by atoms with Gasteiger partial charge in [0.1, 0.15) is 17.1 Å². The van der Waals surface area contributed by atoms with Crippen LogP contribution in [0.2, 0.25) is 0 Å². The van der Waals surface area contributed by atoms with Crippen LogP contribution in [0.1, 0.15) is 54.9 Å². The second kappa shape index (κ2) is 12.1. The van der Waals surface area contributed by atoms with Crippen LogP contribution in [0.4, 0.5) is 0 Å². The molecule has 0 aromatic heterocycles. The van der Waals surface area contributed by atoms with Gasteiger partial charge in [0.15, 0.2) is 6.61 Å². The van der Waals surface area contributed by atoms with Crippen molar-refractivity contribution >= 4 is 17.6 Å². The molecule has 178 valence electrons. The quantitative estimate of drug-likeness (QED) is 0.408. The highest BCUT2D eigenvalue weighted by Crippen LogP contribution is 2.29. The van der Waals surface area contributed by atoms with Crippen molar-refractivity contribution in [2.45, 2.75) is 45.4 Å². The fourth-order valence-corrected chi connectivity index (χ4v) is 3.98. The molecule has 2 heterocycles. The first-order valence-corrected chi connectivity index (χ1v) is 11.4. The van der Waals surface area contributed by atoms with E-state index < -0.39 is 5.97 Å². The van der Waals surface area contributed by atoms with Gasteiger partial charge in [0.25, 0.3) is 5.91 Å². The van der Waals surface area contributed by atoms with E-state index in [2.05, 4.69) is 12.1 Å². The van der Waals surface area contributed by atoms with Gasteiger partial charge in [0.2, 0.25) is 0 Å². The number of phenolic OH excluding ortho intramolecular Hbond substituents is 2. The number of benzene rings is 1. The molecule has 0 bridgehead atoms. The Hall–Kier alpha value is -3.29. The number of piperidine rings is 1. The van der Waals surface area contributed by atoms with Gasteiger partial charge in [-0.1, -0.05) is 30.3 Å². The highest BCUT2D eigenvalue weighted by atomic mass is 16.6. The lowest BCUT2D eigenvalue weighted by molar-refractivity contribution is -0.137. The van der Waals surface area contributed by atoms with Gasteiger partial charge in [0, 0.05) is 25.6 Å². The van der Waals surface area contributed by atoms with Crippen LogP contribution < -0.4 is 0 Å².